The molecule has 1 unspecified atom stereocenters. The summed E-state index contributed by atoms with van der Waals surface area (Å²) in [6, 6.07) is 45.3. The Bertz CT molecular complexity index is 1200. The fraction of sp³-hybridized carbons (Fsp3) is 0.350. The van der Waals surface area contributed by atoms with E-state index >= 15 is 0 Å². The van der Waals surface area contributed by atoms with E-state index in [-0.39, 0.29) is 47.8 Å². The van der Waals surface area contributed by atoms with Gasteiger partial charge in [0, 0.05) is 6.04 Å². The number of benzene rings is 4. The number of hydrogen-bond acceptors (Lipinski definition) is 1. The molecule has 2 aliphatic carbocycles. The Kier molecular flexibility index (Phi) is 17.2. The summed E-state index contributed by atoms with van der Waals surface area (Å²) in [5, 5.41) is 6.17. The smallest absolute Gasteiger partial charge is 0.358 e. The van der Waals surface area contributed by atoms with Crippen molar-refractivity contribution in [2.45, 2.75) is 69.2 Å². The minimum Gasteiger partial charge on any atom is -0.358 e. The maximum absolute atomic E-state index is 2.41. The van der Waals surface area contributed by atoms with Crippen LogP contribution in [0, 0.1) is 20.8 Å². The quantitative estimate of drug-likeness (QED) is 0.103. The molecule has 44 heavy (non-hydrogen) atoms. The predicted molar refractivity (Wildman–Crippen MR) is 198 cm³/mol. The van der Waals surface area contributed by atoms with E-state index < -0.39 is 0 Å². The summed E-state index contributed by atoms with van der Waals surface area (Å²) in [6.45, 7) is 2.41. The van der Waals surface area contributed by atoms with E-state index in [0.29, 0.717) is 6.04 Å². The summed E-state index contributed by atoms with van der Waals surface area (Å²) in [7, 11) is 4.03. The second-order valence-electron chi connectivity index (χ2n) is 11.9. The van der Waals surface area contributed by atoms with E-state index in [4.69, 9.17) is 0 Å². The van der Waals surface area contributed by atoms with Crippen LogP contribution in [0.3, 0.4) is 0 Å². The third kappa shape index (κ3) is 9.86. The predicted octanol–water partition coefficient (Wildman–Crippen LogP) is 9.20. The summed E-state index contributed by atoms with van der Waals surface area (Å²) in [6.07, 6.45) is 9.80. The van der Waals surface area contributed by atoms with Gasteiger partial charge in [-0.1, -0.05) is 141 Å². The Labute approximate surface area is 283 Å². The minimum absolute atomic E-state index is 0. The molecule has 0 spiro atoms. The summed E-state index contributed by atoms with van der Waals surface area (Å²) in [5.74, 6) is 0.802. The molecule has 0 saturated heterocycles. The molecule has 0 N–H and O–H groups in total. The van der Waals surface area contributed by atoms with Gasteiger partial charge in [-0.05, 0) is 101 Å². The molecule has 4 aromatic rings. The summed E-state index contributed by atoms with van der Waals surface area (Å²) < 4.78 is 0. The maximum atomic E-state index is 2.41. The van der Waals surface area contributed by atoms with Crippen molar-refractivity contribution in [3.05, 3.63) is 136 Å². The zero-order valence-corrected chi connectivity index (χ0v) is 30.4. The molecule has 3 atom stereocenters. The summed E-state index contributed by atoms with van der Waals surface area (Å²) in [4.78, 5) is 2.41. The largest absolute Gasteiger partial charge is 2.00 e. The van der Waals surface area contributed by atoms with Gasteiger partial charge < -0.3 is 19.8 Å². The molecule has 0 aliphatic heterocycles. The molecule has 4 aromatic carbocycles. The molecule has 236 valence electrons. The van der Waals surface area contributed by atoms with Crippen molar-refractivity contribution in [1.29, 1.82) is 0 Å². The van der Waals surface area contributed by atoms with Crippen LogP contribution in [0.2, 0.25) is 0 Å². The van der Waals surface area contributed by atoms with Gasteiger partial charge in [0.05, 0.1) is 0 Å². The SMILES string of the molecule is CC([C@H]1CCC[C@H]1P(c1ccccc1)c1ccccc1)N(C)C.[CH3-].[CH3-].[Fe+2].c1ccc(P(c2ccccc2)C2CCCC2)cc1. The van der Waals surface area contributed by atoms with Crippen molar-refractivity contribution in [2.75, 3.05) is 14.1 Å². The van der Waals surface area contributed by atoms with Crippen LogP contribution in [0.4, 0.5) is 0 Å². The average Bonchev–Trinajstić information content (AvgIpc) is 3.73. The van der Waals surface area contributed by atoms with Crippen LogP contribution < -0.4 is 21.2 Å². The van der Waals surface area contributed by atoms with E-state index in [1.807, 2.05) is 0 Å². The molecule has 2 aliphatic rings. The molecule has 0 amide bonds. The first-order valence-corrected chi connectivity index (χ1v) is 18.4. The van der Waals surface area contributed by atoms with Gasteiger partial charge in [-0.15, -0.1) is 0 Å². The zero-order valence-electron chi connectivity index (χ0n) is 27.5. The molecule has 1 nitrogen and oxygen atoms in total. The average molecular weight is 666 g/mol. The van der Waals surface area contributed by atoms with Gasteiger partial charge in [0.25, 0.3) is 0 Å². The Balaban J connectivity index is 0.000000294. The molecule has 0 aromatic heterocycles. The van der Waals surface area contributed by atoms with Gasteiger partial charge in [-0.25, -0.2) is 0 Å². The molecular weight excluding hydrogens is 612 g/mol. The zero-order chi connectivity index (χ0) is 28.4. The second kappa shape index (κ2) is 19.7. The molecule has 4 heteroatoms. The molecular formula is C40H53FeNP2. The first-order chi connectivity index (χ1) is 20.1. The van der Waals surface area contributed by atoms with Crippen LogP contribution in [0.5, 0.6) is 0 Å². The van der Waals surface area contributed by atoms with E-state index in [0.717, 1.165) is 17.2 Å². The molecule has 0 radical (unpaired) electrons. The molecule has 2 saturated carbocycles. The van der Waals surface area contributed by atoms with Gasteiger partial charge in [0.1, 0.15) is 0 Å². The standard InChI is InChI=1S/C21H28NP.C17H19P.2CH3.Fe/c1-17(22(2)3)20-15-10-16-21(20)23(18-11-6-4-7-12-18)19-13-8-5-9-14-19;1-3-9-15(10-4-1)18(17-13-7-8-14-17)16-11-5-2-6-12-16;;;/h4-9,11-14,17,20-21H,10,15-16H2,1-3H3;1-6,9-12,17H,7-8,13-14H2;2*1H3;/q;;2*-1;+2/t17?,20-,21-;;;;/m1..../s1. The van der Waals surface area contributed by atoms with Crippen molar-refractivity contribution < 1.29 is 17.1 Å². The van der Waals surface area contributed by atoms with Gasteiger partial charge >= 0.3 is 17.1 Å². The van der Waals surface area contributed by atoms with Crippen molar-refractivity contribution in [3.63, 3.8) is 0 Å². The third-order valence-electron chi connectivity index (χ3n) is 9.12. The van der Waals surface area contributed by atoms with Crippen molar-refractivity contribution in [2.24, 2.45) is 5.92 Å². The Hall–Kier alpha value is -1.78. The number of rotatable bonds is 8. The first-order valence-electron chi connectivity index (χ1n) is 15.6. The summed E-state index contributed by atoms with van der Waals surface area (Å²) >= 11 is 0. The van der Waals surface area contributed by atoms with Crippen LogP contribution in [0.15, 0.2) is 121 Å². The molecule has 2 fully saturated rings. The second-order valence-corrected chi connectivity index (χ2v) is 16.8. The normalized spacial score (nSPS) is 18.5. The fourth-order valence-corrected chi connectivity index (χ4v) is 13.1. The van der Waals surface area contributed by atoms with E-state index in [2.05, 4.69) is 147 Å². The van der Waals surface area contributed by atoms with Crippen LogP contribution in [-0.2, 0) is 17.1 Å². The van der Waals surface area contributed by atoms with E-state index in [1.165, 1.54) is 55.6 Å². The number of hydrogen-bond donors (Lipinski definition) is 0. The van der Waals surface area contributed by atoms with Crippen molar-refractivity contribution in [1.82, 2.24) is 4.90 Å². The van der Waals surface area contributed by atoms with Gasteiger partial charge in [-0.2, -0.15) is 0 Å². The Morgan fingerprint density at radius 2 is 0.886 bits per heavy atom. The van der Waals surface area contributed by atoms with E-state index in [9.17, 15) is 0 Å². The third-order valence-corrected chi connectivity index (χ3v) is 15.1. The van der Waals surface area contributed by atoms with Crippen LogP contribution in [0.25, 0.3) is 0 Å². The van der Waals surface area contributed by atoms with Crippen molar-refractivity contribution >= 4 is 37.1 Å². The van der Waals surface area contributed by atoms with Crippen molar-refractivity contribution in [3.8, 4) is 0 Å². The molecule has 0 bridgehead atoms. The molecule has 6 rings (SSSR count). The topological polar surface area (TPSA) is 3.24 Å². The van der Waals surface area contributed by atoms with Crippen LogP contribution in [-0.4, -0.2) is 36.4 Å². The first kappa shape index (κ1) is 38.4. The van der Waals surface area contributed by atoms with Crippen LogP contribution in [0.1, 0.15) is 51.9 Å². The maximum Gasteiger partial charge on any atom is 2.00 e. The van der Waals surface area contributed by atoms with Gasteiger partial charge in [0.2, 0.25) is 0 Å². The summed E-state index contributed by atoms with van der Waals surface area (Å²) in [5.41, 5.74) is 1.69. The minimum atomic E-state index is -0.275. The Morgan fingerprint density at radius 3 is 1.25 bits per heavy atom. The monoisotopic (exact) mass is 665 g/mol. The van der Waals surface area contributed by atoms with Gasteiger partial charge in [0.15, 0.2) is 0 Å². The fourth-order valence-electron chi connectivity index (χ4n) is 6.85. The van der Waals surface area contributed by atoms with Crippen LogP contribution >= 0.6 is 15.8 Å². The Morgan fingerprint density at radius 1 is 0.523 bits per heavy atom. The molecule has 0 heterocycles. The van der Waals surface area contributed by atoms with Gasteiger partial charge in [-0.3, -0.25) is 0 Å². The number of nitrogens with zero attached hydrogens (tertiary/aromatic N) is 1. The van der Waals surface area contributed by atoms with E-state index in [1.54, 1.807) is 10.6 Å².